The number of aryl methyl sites for hydroxylation is 1. The lowest BCUT2D eigenvalue weighted by molar-refractivity contribution is 0.413. The number of hydrogen-bond acceptors (Lipinski definition) is 4. The predicted octanol–water partition coefficient (Wildman–Crippen LogP) is 1.78. The Hall–Kier alpha value is -1.63. The molecule has 0 aliphatic rings. The van der Waals surface area contributed by atoms with Crippen LogP contribution in [0.25, 0.3) is 0 Å². The first kappa shape index (κ1) is 14.8. The second kappa shape index (κ2) is 6.21. The summed E-state index contributed by atoms with van der Waals surface area (Å²) in [6, 6.07) is 10.8. The van der Waals surface area contributed by atoms with Gasteiger partial charge in [0.05, 0.1) is 6.54 Å². The van der Waals surface area contributed by atoms with Gasteiger partial charge < -0.3 is 10.2 Å². The van der Waals surface area contributed by atoms with Crippen molar-refractivity contribution in [3.63, 3.8) is 0 Å². The van der Waals surface area contributed by atoms with Crippen molar-refractivity contribution in [2.24, 2.45) is 5.73 Å². The number of sulfonamides is 1. The van der Waals surface area contributed by atoms with E-state index in [2.05, 4.69) is 11.6 Å². The van der Waals surface area contributed by atoms with Gasteiger partial charge >= 0.3 is 0 Å². The molecule has 3 N–H and O–H groups in total. The van der Waals surface area contributed by atoms with Gasteiger partial charge in [-0.15, -0.1) is 0 Å². The summed E-state index contributed by atoms with van der Waals surface area (Å²) in [4.78, 5) is 0. The molecule has 5 nitrogen and oxygen atoms in total. The SMILES string of the molecule is CCc1ccc(CNS(=O)(=O)c2ccc(CN)o2)cc1. The van der Waals surface area contributed by atoms with Crippen LogP contribution < -0.4 is 10.5 Å². The molecule has 0 atom stereocenters. The van der Waals surface area contributed by atoms with E-state index in [1.807, 2.05) is 24.3 Å². The standard InChI is InChI=1S/C14H18N2O3S/c1-2-11-3-5-12(6-4-11)10-16-20(17,18)14-8-7-13(9-15)19-14/h3-8,16H,2,9-10,15H2,1H3. The smallest absolute Gasteiger partial charge is 0.274 e. The maximum absolute atomic E-state index is 12.0. The molecule has 0 saturated heterocycles. The van der Waals surface area contributed by atoms with E-state index < -0.39 is 10.0 Å². The van der Waals surface area contributed by atoms with Crippen LogP contribution in [-0.4, -0.2) is 8.42 Å². The predicted molar refractivity (Wildman–Crippen MR) is 76.4 cm³/mol. The van der Waals surface area contributed by atoms with Gasteiger partial charge in [0.1, 0.15) is 5.76 Å². The van der Waals surface area contributed by atoms with Gasteiger partial charge in [-0.3, -0.25) is 0 Å². The Bertz CT molecular complexity index is 660. The van der Waals surface area contributed by atoms with Gasteiger partial charge in [-0.05, 0) is 29.7 Å². The Morgan fingerprint density at radius 3 is 2.30 bits per heavy atom. The third-order valence-electron chi connectivity index (χ3n) is 3.00. The molecule has 0 aliphatic carbocycles. The topological polar surface area (TPSA) is 85.3 Å². The molecular formula is C14H18N2O3S. The molecule has 0 fully saturated rings. The summed E-state index contributed by atoms with van der Waals surface area (Å²) < 4.78 is 31.7. The largest absolute Gasteiger partial charge is 0.447 e. The van der Waals surface area contributed by atoms with Crippen LogP contribution >= 0.6 is 0 Å². The molecule has 0 unspecified atom stereocenters. The molecule has 0 aliphatic heterocycles. The first-order valence-electron chi connectivity index (χ1n) is 6.41. The second-order valence-corrected chi connectivity index (χ2v) is 6.12. The van der Waals surface area contributed by atoms with Gasteiger partial charge in [0.25, 0.3) is 10.0 Å². The molecule has 20 heavy (non-hydrogen) atoms. The highest BCUT2D eigenvalue weighted by Crippen LogP contribution is 2.14. The lowest BCUT2D eigenvalue weighted by Crippen LogP contribution is -2.22. The highest BCUT2D eigenvalue weighted by Gasteiger charge is 2.18. The molecule has 0 radical (unpaired) electrons. The van der Waals surface area contributed by atoms with Crippen molar-refractivity contribution >= 4 is 10.0 Å². The third kappa shape index (κ3) is 3.47. The number of rotatable bonds is 6. The molecule has 0 spiro atoms. The number of benzene rings is 1. The van der Waals surface area contributed by atoms with Crippen LogP contribution in [0.5, 0.6) is 0 Å². The zero-order valence-corrected chi connectivity index (χ0v) is 12.1. The zero-order valence-electron chi connectivity index (χ0n) is 11.3. The van der Waals surface area contributed by atoms with Crippen molar-refractivity contribution < 1.29 is 12.8 Å². The van der Waals surface area contributed by atoms with Crippen LogP contribution in [0.15, 0.2) is 45.9 Å². The lowest BCUT2D eigenvalue weighted by atomic mass is 10.1. The van der Waals surface area contributed by atoms with Gasteiger partial charge in [-0.25, -0.2) is 13.1 Å². The summed E-state index contributed by atoms with van der Waals surface area (Å²) in [6.45, 7) is 2.47. The molecule has 2 aromatic rings. The minimum Gasteiger partial charge on any atom is -0.447 e. The van der Waals surface area contributed by atoms with Crippen molar-refractivity contribution in [3.05, 3.63) is 53.3 Å². The normalized spacial score (nSPS) is 11.7. The molecular weight excluding hydrogens is 276 g/mol. The van der Waals surface area contributed by atoms with Crippen LogP contribution in [0.4, 0.5) is 0 Å². The summed E-state index contributed by atoms with van der Waals surface area (Å²) in [6.07, 6.45) is 0.959. The minimum absolute atomic E-state index is 0.108. The van der Waals surface area contributed by atoms with E-state index in [0.717, 1.165) is 12.0 Å². The number of nitrogens with one attached hydrogen (secondary N) is 1. The van der Waals surface area contributed by atoms with Gasteiger partial charge in [0, 0.05) is 6.54 Å². The molecule has 1 aromatic heterocycles. The first-order valence-corrected chi connectivity index (χ1v) is 7.89. The Kier molecular flexibility index (Phi) is 4.59. The molecule has 0 amide bonds. The van der Waals surface area contributed by atoms with Gasteiger partial charge in [-0.2, -0.15) is 0 Å². The third-order valence-corrected chi connectivity index (χ3v) is 4.27. The fourth-order valence-corrected chi connectivity index (χ4v) is 2.72. The Morgan fingerprint density at radius 2 is 1.75 bits per heavy atom. The van der Waals surface area contributed by atoms with Crippen LogP contribution in [0.3, 0.4) is 0 Å². The van der Waals surface area contributed by atoms with Crippen molar-refractivity contribution in [1.29, 1.82) is 0 Å². The highest BCUT2D eigenvalue weighted by atomic mass is 32.2. The van der Waals surface area contributed by atoms with Crippen LogP contribution in [-0.2, 0) is 29.5 Å². The van der Waals surface area contributed by atoms with E-state index in [1.165, 1.54) is 11.6 Å². The number of nitrogens with two attached hydrogens (primary N) is 1. The Balaban J connectivity index is 2.04. The van der Waals surface area contributed by atoms with Crippen molar-refractivity contribution in [2.75, 3.05) is 0 Å². The summed E-state index contributed by atoms with van der Waals surface area (Å²) in [5.74, 6) is 0.442. The fraction of sp³-hybridized carbons (Fsp3) is 0.286. The van der Waals surface area contributed by atoms with E-state index >= 15 is 0 Å². The van der Waals surface area contributed by atoms with E-state index in [4.69, 9.17) is 10.2 Å². The highest BCUT2D eigenvalue weighted by molar-refractivity contribution is 7.89. The van der Waals surface area contributed by atoms with Crippen molar-refractivity contribution in [3.8, 4) is 0 Å². The monoisotopic (exact) mass is 294 g/mol. The summed E-state index contributed by atoms with van der Waals surface area (Å²) in [7, 11) is -3.64. The van der Waals surface area contributed by atoms with Gasteiger partial charge in [0.15, 0.2) is 0 Å². The molecule has 2 rings (SSSR count). The van der Waals surface area contributed by atoms with Crippen molar-refractivity contribution in [1.82, 2.24) is 4.72 Å². The molecule has 1 heterocycles. The van der Waals surface area contributed by atoms with E-state index in [-0.39, 0.29) is 18.2 Å². The maximum atomic E-state index is 12.0. The molecule has 108 valence electrons. The van der Waals surface area contributed by atoms with Crippen LogP contribution in [0.2, 0.25) is 0 Å². The average Bonchev–Trinajstić information content (AvgIpc) is 2.95. The van der Waals surface area contributed by atoms with Crippen LogP contribution in [0.1, 0.15) is 23.8 Å². The summed E-state index contributed by atoms with van der Waals surface area (Å²) in [5.41, 5.74) is 7.51. The first-order chi connectivity index (χ1) is 9.55. The Morgan fingerprint density at radius 1 is 1.10 bits per heavy atom. The number of hydrogen-bond donors (Lipinski definition) is 2. The molecule has 6 heteroatoms. The van der Waals surface area contributed by atoms with Gasteiger partial charge in [-0.1, -0.05) is 31.2 Å². The van der Waals surface area contributed by atoms with Crippen molar-refractivity contribution in [2.45, 2.75) is 31.5 Å². The zero-order chi connectivity index (χ0) is 14.6. The van der Waals surface area contributed by atoms with Crippen LogP contribution in [0, 0.1) is 0 Å². The lowest BCUT2D eigenvalue weighted by Gasteiger charge is -2.05. The molecule has 0 bridgehead atoms. The molecule has 1 aromatic carbocycles. The van der Waals surface area contributed by atoms with E-state index in [9.17, 15) is 8.42 Å². The summed E-state index contributed by atoms with van der Waals surface area (Å²) in [5, 5.41) is -0.108. The van der Waals surface area contributed by atoms with E-state index in [0.29, 0.717) is 5.76 Å². The summed E-state index contributed by atoms with van der Waals surface area (Å²) >= 11 is 0. The minimum atomic E-state index is -3.64. The second-order valence-electron chi connectivity index (χ2n) is 4.42. The average molecular weight is 294 g/mol. The maximum Gasteiger partial charge on any atom is 0.274 e. The van der Waals surface area contributed by atoms with Gasteiger partial charge in [0.2, 0.25) is 5.09 Å². The van der Waals surface area contributed by atoms with E-state index in [1.54, 1.807) is 6.07 Å². The fourth-order valence-electron chi connectivity index (χ4n) is 1.75. The Labute approximate surface area is 118 Å². The molecule has 0 saturated carbocycles. The quantitative estimate of drug-likeness (QED) is 0.850. The number of furan rings is 1.